The van der Waals surface area contributed by atoms with Crippen LogP contribution in [0.25, 0.3) is 0 Å². The highest BCUT2D eigenvalue weighted by Gasteiger charge is 2.26. The summed E-state index contributed by atoms with van der Waals surface area (Å²) in [4.78, 5) is 0. The Bertz CT molecular complexity index is 586. The van der Waals surface area contributed by atoms with Gasteiger partial charge in [0.05, 0.1) is 13.2 Å². The van der Waals surface area contributed by atoms with Crippen molar-refractivity contribution in [2.45, 2.75) is 80.4 Å². The van der Waals surface area contributed by atoms with Crippen LogP contribution >= 0.6 is 0 Å². The monoisotopic (exact) mass is 372 g/mol. The van der Waals surface area contributed by atoms with Crippen LogP contribution in [0.3, 0.4) is 0 Å². The summed E-state index contributed by atoms with van der Waals surface area (Å²) < 4.78 is 11.5. The minimum atomic E-state index is -0.216. The van der Waals surface area contributed by atoms with Gasteiger partial charge in [0.25, 0.3) is 0 Å². The summed E-state index contributed by atoms with van der Waals surface area (Å²) >= 11 is 0. The SMILES string of the molecule is CC(C)=CCC/C(C)=C/CC/C(C)=C/C=C/C(C)=C/C1OCC(C)(C)CO1. The molecule has 152 valence electrons. The topological polar surface area (TPSA) is 18.5 Å². The van der Waals surface area contributed by atoms with Crippen LogP contribution in [0, 0.1) is 5.41 Å². The van der Waals surface area contributed by atoms with Crippen LogP contribution in [0.2, 0.25) is 0 Å². The van der Waals surface area contributed by atoms with Gasteiger partial charge in [-0.05, 0) is 66.4 Å². The van der Waals surface area contributed by atoms with Gasteiger partial charge in [0, 0.05) is 5.41 Å². The van der Waals surface area contributed by atoms with Gasteiger partial charge in [0.1, 0.15) is 0 Å². The van der Waals surface area contributed by atoms with E-state index < -0.39 is 0 Å². The zero-order valence-electron chi connectivity index (χ0n) is 18.6. The first-order valence-electron chi connectivity index (χ1n) is 10.2. The van der Waals surface area contributed by atoms with Crippen molar-refractivity contribution in [2.24, 2.45) is 5.41 Å². The summed E-state index contributed by atoms with van der Waals surface area (Å²) in [7, 11) is 0. The Morgan fingerprint density at radius 1 is 0.889 bits per heavy atom. The van der Waals surface area contributed by atoms with Crippen LogP contribution in [0.1, 0.15) is 74.1 Å². The van der Waals surface area contributed by atoms with E-state index in [4.69, 9.17) is 9.47 Å². The van der Waals surface area contributed by atoms with E-state index in [2.05, 4.69) is 78.8 Å². The molecule has 1 heterocycles. The lowest BCUT2D eigenvalue weighted by Crippen LogP contribution is -2.36. The van der Waals surface area contributed by atoms with Gasteiger partial charge >= 0.3 is 0 Å². The minimum absolute atomic E-state index is 0.117. The fourth-order valence-electron chi connectivity index (χ4n) is 2.76. The van der Waals surface area contributed by atoms with Crippen molar-refractivity contribution in [3.8, 4) is 0 Å². The highest BCUT2D eigenvalue weighted by atomic mass is 16.7. The van der Waals surface area contributed by atoms with Crippen LogP contribution in [0.4, 0.5) is 0 Å². The third kappa shape index (κ3) is 11.8. The molecule has 0 unspecified atom stereocenters. The molecule has 1 aliphatic rings. The summed E-state index contributed by atoms with van der Waals surface area (Å²) in [6.07, 6.45) is 17.5. The summed E-state index contributed by atoms with van der Waals surface area (Å²) in [5, 5.41) is 0. The van der Waals surface area contributed by atoms with E-state index in [1.54, 1.807) is 0 Å². The lowest BCUT2D eigenvalue weighted by molar-refractivity contribution is -0.197. The normalized spacial score (nSPS) is 19.6. The first-order chi connectivity index (χ1) is 12.7. The van der Waals surface area contributed by atoms with Gasteiger partial charge in [-0.15, -0.1) is 0 Å². The maximum Gasteiger partial charge on any atom is 0.177 e. The van der Waals surface area contributed by atoms with E-state index in [-0.39, 0.29) is 11.7 Å². The lowest BCUT2D eigenvalue weighted by atomic mass is 9.95. The number of ether oxygens (including phenoxy) is 2. The molecule has 2 nitrogen and oxygen atoms in total. The Balaban J connectivity index is 2.35. The van der Waals surface area contributed by atoms with Crippen molar-refractivity contribution >= 4 is 0 Å². The van der Waals surface area contributed by atoms with Gasteiger partial charge in [-0.25, -0.2) is 0 Å². The minimum Gasteiger partial charge on any atom is -0.348 e. The Morgan fingerprint density at radius 3 is 2.11 bits per heavy atom. The fraction of sp³-hybridized carbons (Fsp3) is 0.600. The number of hydrogen-bond donors (Lipinski definition) is 0. The third-order valence-electron chi connectivity index (χ3n) is 4.54. The second-order valence-electron chi connectivity index (χ2n) is 8.85. The van der Waals surface area contributed by atoms with Gasteiger partial charge in [0.2, 0.25) is 0 Å². The molecule has 0 saturated carbocycles. The third-order valence-corrected chi connectivity index (χ3v) is 4.54. The molecule has 1 saturated heterocycles. The highest BCUT2D eigenvalue weighted by molar-refractivity contribution is 5.23. The molecule has 0 aromatic rings. The molecule has 0 N–H and O–H groups in total. The van der Waals surface area contributed by atoms with E-state index in [1.165, 1.54) is 28.7 Å². The van der Waals surface area contributed by atoms with E-state index >= 15 is 0 Å². The molecule has 0 bridgehead atoms. The first-order valence-corrected chi connectivity index (χ1v) is 10.2. The molecule has 0 amide bonds. The quantitative estimate of drug-likeness (QED) is 0.312. The van der Waals surface area contributed by atoms with Crippen LogP contribution in [0.15, 0.2) is 58.7 Å². The Hall–Kier alpha value is -1.38. The maximum atomic E-state index is 5.75. The second-order valence-corrected chi connectivity index (χ2v) is 8.85. The predicted molar refractivity (Wildman–Crippen MR) is 118 cm³/mol. The summed E-state index contributed by atoms with van der Waals surface area (Å²) in [5.74, 6) is 0. The molecule has 0 radical (unpaired) electrons. The van der Waals surface area contributed by atoms with Crippen LogP contribution in [0.5, 0.6) is 0 Å². The molecule has 27 heavy (non-hydrogen) atoms. The molecule has 0 aromatic heterocycles. The zero-order chi connectivity index (χ0) is 20.3. The van der Waals surface area contributed by atoms with E-state index in [9.17, 15) is 0 Å². The lowest BCUT2D eigenvalue weighted by Gasteiger charge is -2.33. The average molecular weight is 373 g/mol. The molecule has 2 heteroatoms. The van der Waals surface area contributed by atoms with Crippen molar-refractivity contribution in [3.05, 3.63) is 58.7 Å². The molecular weight excluding hydrogens is 332 g/mol. The molecule has 1 rings (SSSR count). The van der Waals surface area contributed by atoms with Gasteiger partial charge in [-0.3, -0.25) is 0 Å². The van der Waals surface area contributed by atoms with Gasteiger partial charge in [-0.2, -0.15) is 0 Å². The van der Waals surface area contributed by atoms with Crippen molar-refractivity contribution in [3.63, 3.8) is 0 Å². The van der Waals surface area contributed by atoms with Crippen molar-refractivity contribution < 1.29 is 9.47 Å². The van der Waals surface area contributed by atoms with Crippen molar-refractivity contribution in [2.75, 3.05) is 13.2 Å². The number of hydrogen-bond acceptors (Lipinski definition) is 2. The largest absolute Gasteiger partial charge is 0.348 e. The van der Waals surface area contributed by atoms with Crippen molar-refractivity contribution in [1.29, 1.82) is 0 Å². The molecular formula is C25H40O2. The van der Waals surface area contributed by atoms with Crippen LogP contribution in [-0.4, -0.2) is 19.5 Å². The molecule has 1 aliphatic heterocycles. The zero-order valence-corrected chi connectivity index (χ0v) is 18.6. The fourth-order valence-corrected chi connectivity index (χ4v) is 2.76. The Labute approximate surface area is 167 Å². The van der Waals surface area contributed by atoms with Crippen LogP contribution in [-0.2, 0) is 9.47 Å². The van der Waals surface area contributed by atoms with Gasteiger partial charge in [-0.1, -0.05) is 66.5 Å². The Morgan fingerprint density at radius 2 is 1.48 bits per heavy atom. The van der Waals surface area contributed by atoms with E-state index in [1.807, 2.05) is 6.08 Å². The van der Waals surface area contributed by atoms with E-state index in [0.29, 0.717) is 0 Å². The maximum absolute atomic E-state index is 5.75. The summed E-state index contributed by atoms with van der Waals surface area (Å²) in [6.45, 7) is 16.6. The van der Waals surface area contributed by atoms with Crippen molar-refractivity contribution in [1.82, 2.24) is 0 Å². The van der Waals surface area contributed by atoms with Crippen LogP contribution < -0.4 is 0 Å². The van der Waals surface area contributed by atoms with E-state index in [0.717, 1.165) is 32.5 Å². The van der Waals surface area contributed by atoms with Gasteiger partial charge < -0.3 is 9.47 Å². The van der Waals surface area contributed by atoms with Gasteiger partial charge in [0.15, 0.2) is 6.29 Å². The summed E-state index contributed by atoms with van der Waals surface area (Å²) in [6, 6.07) is 0. The Kier molecular flexibility index (Phi) is 10.6. The second kappa shape index (κ2) is 12.2. The first kappa shape index (κ1) is 23.7. The molecule has 0 spiro atoms. The predicted octanol–water partition coefficient (Wildman–Crippen LogP) is 7.31. The highest BCUT2D eigenvalue weighted by Crippen LogP contribution is 2.23. The summed E-state index contributed by atoms with van der Waals surface area (Å²) in [5.41, 5.74) is 5.58. The standard InChI is InChI=1S/C25H40O2/c1-20(2)11-8-12-21(3)13-9-14-22(4)15-10-16-23(5)17-24-26-18-25(6,7)19-27-24/h10-11,13,15-17,24H,8-9,12,14,18-19H2,1-7H3/b16-10+,21-13+,22-15+,23-17+. The molecule has 1 fully saturated rings. The number of allylic oxidation sites excluding steroid dienone is 9. The molecule has 0 aliphatic carbocycles. The molecule has 0 atom stereocenters. The smallest absolute Gasteiger partial charge is 0.177 e. The average Bonchev–Trinajstić information content (AvgIpc) is 2.56. The molecule has 0 aromatic carbocycles. The number of rotatable bonds is 9.